The molecule has 1 atom stereocenters. The van der Waals surface area contributed by atoms with Gasteiger partial charge < -0.3 is 9.64 Å². The molecule has 0 N–H and O–H groups in total. The molecule has 1 amide bonds. The highest BCUT2D eigenvalue weighted by atomic mass is 32.2. The number of carbonyl (C=O) groups is 1. The fourth-order valence-corrected chi connectivity index (χ4v) is 3.02. The van der Waals surface area contributed by atoms with E-state index in [2.05, 4.69) is 0 Å². The van der Waals surface area contributed by atoms with E-state index in [1.807, 2.05) is 38.1 Å². The van der Waals surface area contributed by atoms with Crippen LogP contribution in [0.1, 0.15) is 24.1 Å². The van der Waals surface area contributed by atoms with Crippen molar-refractivity contribution in [2.24, 2.45) is 0 Å². The number of hydrogen-bond acceptors (Lipinski definition) is 4. The number of para-hydroxylation sites is 1. The third-order valence-electron chi connectivity index (χ3n) is 4.21. The van der Waals surface area contributed by atoms with E-state index in [-0.39, 0.29) is 23.5 Å². The van der Waals surface area contributed by atoms with Crippen LogP contribution in [0.3, 0.4) is 0 Å². The second kappa shape index (κ2) is 7.70. The van der Waals surface area contributed by atoms with Gasteiger partial charge in [0.15, 0.2) is 16.4 Å². The summed E-state index contributed by atoms with van der Waals surface area (Å²) in [5, 5.41) is 0. The zero-order valence-corrected chi connectivity index (χ0v) is 15.7. The zero-order valence-electron chi connectivity index (χ0n) is 14.9. The lowest BCUT2D eigenvalue weighted by molar-refractivity contribution is -0.134. The van der Waals surface area contributed by atoms with Gasteiger partial charge in [0.05, 0.1) is 10.9 Å². The molecule has 0 fully saturated rings. The van der Waals surface area contributed by atoms with E-state index >= 15 is 0 Å². The Morgan fingerprint density at radius 2 is 1.72 bits per heavy atom. The predicted octanol–water partition coefficient (Wildman–Crippen LogP) is 3.00. The van der Waals surface area contributed by atoms with Crippen LogP contribution in [0.25, 0.3) is 0 Å². The third-order valence-corrected chi connectivity index (χ3v) is 5.34. The van der Waals surface area contributed by atoms with Crippen LogP contribution in [-0.2, 0) is 14.6 Å². The summed E-state index contributed by atoms with van der Waals surface area (Å²) in [5.41, 5.74) is 1.83. The summed E-state index contributed by atoms with van der Waals surface area (Å²) in [6.45, 7) is 3.77. The topological polar surface area (TPSA) is 63.7 Å². The molecule has 6 heteroatoms. The zero-order chi connectivity index (χ0) is 18.6. The highest BCUT2D eigenvalue weighted by Crippen LogP contribution is 2.21. The number of ether oxygens (including phenoxy) is 1. The molecule has 0 aliphatic carbocycles. The van der Waals surface area contributed by atoms with E-state index in [1.54, 1.807) is 36.2 Å². The van der Waals surface area contributed by atoms with Crippen molar-refractivity contribution in [1.29, 1.82) is 0 Å². The molecule has 134 valence electrons. The van der Waals surface area contributed by atoms with Crippen molar-refractivity contribution in [3.63, 3.8) is 0 Å². The number of nitrogens with zero attached hydrogens (tertiary/aromatic N) is 1. The van der Waals surface area contributed by atoms with Gasteiger partial charge in [-0.05, 0) is 43.2 Å². The van der Waals surface area contributed by atoms with Crippen LogP contribution in [0.4, 0.5) is 0 Å². The lowest BCUT2D eigenvalue weighted by Gasteiger charge is -2.25. The first-order valence-electron chi connectivity index (χ1n) is 7.94. The first-order valence-corrected chi connectivity index (χ1v) is 9.83. The van der Waals surface area contributed by atoms with Crippen LogP contribution in [-0.4, -0.2) is 39.1 Å². The maximum atomic E-state index is 12.4. The summed E-state index contributed by atoms with van der Waals surface area (Å²) < 4.78 is 28.6. The molecule has 2 aromatic carbocycles. The van der Waals surface area contributed by atoms with Crippen molar-refractivity contribution >= 4 is 15.7 Å². The molecular weight excluding hydrogens is 338 g/mol. The van der Waals surface area contributed by atoms with Gasteiger partial charge in [-0.2, -0.15) is 0 Å². The van der Waals surface area contributed by atoms with Crippen molar-refractivity contribution in [2.75, 3.05) is 19.9 Å². The largest absolute Gasteiger partial charge is 0.484 e. The molecule has 0 unspecified atom stereocenters. The van der Waals surface area contributed by atoms with Crippen LogP contribution in [0.2, 0.25) is 0 Å². The first-order chi connectivity index (χ1) is 11.7. The quantitative estimate of drug-likeness (QED) is 0.793. The lowest BCUT2D eigenvalue weighted by Crippen LogP contribution is -2.33. The van der Waals surface area contributed by atoms with E-state index in [9.17, 15) is 13.2 Å². The Balaban J connectivity index is 2.02. The number of aryl methyl sites for hydroxylation is 1. The highest BCUT2D eigenvalue weighted by molar-refractivity contribution is 7.90. The number of benzene rings is 2. The minimum Gasteiger partial charge on any atom is -0.484 e. The van der Waals surface area contributed by atoms with Crippen molar-refractivity contribution in [3.05, 3.63) is 59.7 Å². The minimum absolute atomic E-state index is 0.0485. The molecular formula is C19H23NO4S. The number of sulfone groups is 1. The number of amides is 1. The molecule has 5 nitrogen and oxygen atoms in total. The number of likely N-dealkylation sites (N-methyl/N-ethyl adjacent to an activating group) is 1. The fourth-order valence-electron chi connectivity index (χ4n) is 2.39. The highest BCUT2D eigenvalue weighted by Gasteiger charge is 2.18. The van der Waals surface area contributed by atoms with Gasteiger partial charge in [-0.25, -0.2) is 8.42 Å². The van der Waals surface area contributed by atoms with Crippen molar-refractivity contribution in [2.45, 2.75) is 24.8 Å². The van der Waals surface area contributed by atoms with Gasteiger partial charge in [0.25, 0.3) is 5.91 Å². The normalized spacial score (nSPS) is 12.5. The lowest BCUT2D eigenvalue weighted by atomic mass is 10.1. The molecule has 0 bridgehead atoms. The smallest absolute Gasteiger partial charge is 0.260 e. The molecule has 0 aliphatic heterocycles. The summed E-state index contributed by atoms with van der Waals surface area (Å²) in [4.78, 5) is 14.2. The summed E-state index contributed by atoms with van der Waals surface area (Å²) in [6, 6.07) is 13.9. The average Bonchev–Trinajstić information content (AvgIpc) is 2.59. The first kappa shape index (κ1) is 19.0. The average molecular weight is 361 g/mol. The maximum absolute atomic E-state index is 12.4. The third kappa shape index (κ3) is 4.82. The molecule has 2 rings (SSSR count). The van der Waals surface area contributed by atoms with Gasteiger partial charge in [0.2, 0.25) is 0 Å². The van der Waals surface area contributed by atoms with Crippen LogP contribution >= 0.6 is 0 Å². The Morgan fingerprint density at radius 1 is 1.12 bits per heavy atom. The Morgan fingerprint density at radius 3 is 2.28 bits per heavy atom. The summed E-state index contributed by atoms with van der Waals surface area (Å²) in [5.74, 6) is 0.539. The van der Waals surface area contributed by atoms with Gasteiger partial charge in [0.1, 0.15) is 5.75 Å². The second-order valence-electron chi connectivity index (χ2n) is 6.08. The van der Waals surface area contributed by atoms with Gasteiger partial charge >= 0.3 is 0 Å². The van der Waals surface area contributed by atoms with Crippen LogP contribution in [0.5, 0.6) is 5.75 Å². The van der Waals surface area contributed by atoms with E-state index in [4.69, 9.17) is 4.74 Å². The summed E-state index contributed by atoms with van der Waals surface area (Å²) >= 11 is 0. The molecule has 0 saturated carbocycles. The Hall–Kier alpha value is -2.34. The monoisotopic (exact) mass is 361 g/mol. The SMILES string of the molecule is Cc1ccccc1OCC(=O)N(C)[C@H](C)c1ccc(S(C)(=O)=O)cc1. The van der Waals surface area contributed by atoms with Gasteiger partial charge in [0, 0.05) is 13.3 Å². The van der Waals surface area contributed by atoms with Crippen LogP contribution in [0.15, 0.2) is 53.4 Å². The predicted molar refractivity (Wildman–Crippen MR) is 97.4 cm³/mol. The van der Waals surface area contributed by atoms with E-state index in [0.717, 1.165) is 11.1 Å². The Labute approximate surface area is 149 Å². The number of carbonyl (C=O) groups excluding carboxylic acids is 1. The minimum atomic E-state index is -3.23. The molecule has 0 saturated heterocycles. The Kier molecular flexibility index (Phi) is 5.85. The summed E-state index contributed by atoms with van der Waals surface area (Å²) in [7, 11) is -1.52. The standard InChI is InChI=1S/C19H23NO4S/c1-14-7-5-6-8-18(14)24-13-19(21)20(3)15(2)16-9-11-17(12-10-16)25(4,22)23/h5-12,15H,13H2,1-4H3/t15-/m1/s1. The van der Waals surface area contributed by atoms with Crippen molar-refractivity contribution in [3.8, 4) is 5.75 Å². The number of rotatable bonds is 6. The van der Waals surface area contributed by atoms with Crippen LogP contribution < -0.4 is 4.74 Å². The molecule has 0 aliphatic rings. The van der Waals surface area contributed by atoms with Crippen molar-refractivity contribution in [1.82, 2.24) is 4.90 Å². The van der Waals surface area contributed by atoms with E-state index in [1.165, 1.54) is 6.26 Å². The molecule has 0 heterocycles. The maximum Gasteiger partial charge on any atom is 0.260 e. The molecule has 25 heavy (non-hydrogen) atoms. The van der Waals surface area contributed by atoms with Crippen molar-refractivity contribution < 1.29 is 17.9 Å². The van der Waals surface area contributed by atoms with Gasteiger partial charge in [-0.3, -0.25) is 4.79 Å². The van der Waals surface area contributed by atoms with E-state index < -0.39 is 9.84 Å². The second-order valence-corrected chi connectivity index (χ2v) is 8.09. The molecule has 0 radical (unpaired) electrons. The number of hydrogen-bond donors (Lipinski definition) is 0. The molecule has 2 aromatic rings. The fraction of sp³-hybridized carbons (Fsp3) is 0.316. The molecule has 0 spiro atoms. The summed E-state index contributed by atoms with van der Waals surface area (Å²) in [6.07, 6.45) is 1.17. The Bertz CT molecular complexity index is 844. The van der Waals surface area contributed by atoms with Gasteiger partial charge in [-0.1, -0.05) is 30.3 Å². The van der Waals surface area contributed by atoms with Crippen LogP contribution in [0, 0.1) is 6.92 Å². The van der Waals surface area contributed by atoms with E-state index in [0.29, 0.717) is 5.75 Å². The van der Waals surface area contributed by atoms with Gasteiger partial charge in [-0.15, -0.1) is 0 Å². The molecule has 0 aromatic heterocycles.